The van der Waals surface area contributed by atoms with Crippen molar-refractivity contribution in [2.75, 3.05) is 44.2 Å². The number of thiazole rings is 1. The van der Waals surface area contributed by atoms with Crippen molar-refractivity contribution in [3.8, 4) is 0 Å². The van der Waals surface area contributed by atoms with Gasteiger partial charge in [-0.25, -0.2) is 4.98 Å². The van der Waals surface area contributed by atoms with E-state index in [-0.39, 0.29) is 5.91 Å². The molecule has 3 aromatic rings. The minimum Gasteiger partial charge on any atom is -0.351 e. The highest BCUT2D eigenvalue weighted by Crippen LogP contribution is 2.33. The van der Waals surface area contributed by atoms with Crippen LogP contribution in [0.3, 0.4) is 0 Å². The zero-order chi connectivity index (χ0) is 20.4. The largest absolute Gasteiger partial charge is 0.351 e. The molecule has 0 spiro atoms. The second-order valence-corrected chi connectivity index (χ2v) is 9.66. The molecule has 4 rings (SSSR count). The van der Waals surface area contributed by atoms with Crippen molar-refractivity contribution >= 4 is 66.8 Å². The highest BCUT2D eigenvalue weighted by atomic mass is 127. The maximum Gasteiger partial charge on any atom is 0.252 e. The second kappa shape index (κ2) is 9.16. The number of hydrogen-bond donors (Lipinski definition) is 1. The Bertz CT molecular complexity index is 1030. The normalized spacial score (nSPS) is 15.1. The summed E-state index contributed by atoms with van der Waals surface area (Å²) in [6.45, 7) is 7.36. The van der Waals surface area contributed by atoms with Gasteiger partial charge < -0.3 is 10.2 Å². The van der Waals surface area contributed by atoms with Gasteiger partial charge in [0.25, 0.3) is 5.91 Å². The van der Waals surface area contributed by atoms with E-state index in [2.05, 4.69) is 43.8 Å². The van der Waals surface area contributed by atoms with Crippen LogP contribution in [-0.2, 0) is 0 Å². The molecule has 0 radical (unpaired) electrons. The monoisotopic (exact) mass is 540 g/mol. The highest BCUT2D eigenvalue weighted by molar-refractivity contribution is 14.1. The summed E-state index contributed by atoms with van der Waals surface area (Å²) in [4.78, 5) is 21.9. The first-order valence-corrected chi connectivity index (χ1v) is 11.9. The number of halogens is 2. The van der Waals surface area contributed by atoms with E-state index in [9.17, 15) is 4.79 Å². The van der Waals surface area contributed by atoms with Crippen molar-refractivity contribution in [3.05, 3.63) is 56.1 Å². The number of anilines is 1. The number of amides is 1. The first kappa shape index (κ1) is 20.8. The molecule has 0 saturated carbocycles. The fourth-order valence-electron chi connectivity index (χ4n) is 3.45. The van der Waals surface area contributed by atoms with Crippen molar-refractivity contribution < 1.29 is 4.79 Å². The topological polar surface area (TPSA) is 48.5 Å². The number of benzene rings is 2. The molecule has 1 amide bonds. The predicted molar refractivity (Wildman–Crippen MR) is 130 cm³/mol. The van der Waals surface area contributed by atoms with Gasteiger partial charge in [0.15, 0.2) is 5.13 Å². The maximum atomic E-state index is 12.3. The zero-order valence-electron chi connectivity index (χ0n) is 16.1. The fourth-order valence-corrected chi connectivity index (χ4v) is 5.32. The van der Waals surface area contributed by atoms with Crippen LogP contribution in [0.2, 0.25) is 5.02 Å². The van der Waals surface area contributed by atoms with Crippen LogP contribution >= 0.6 is 45.5 Å². The van der Waals surface area contributed by atoms with E-state index in [1.807, 2.05) is 37.3 Å². The third kappa shape index (κ3) is 4.68. The number of nitrogens with one attached hydrogen (secondary N) is 1. The van der Waals surface area contributed by atoms with E-state index in [1.54, 1.807) is 11.3 Å². The molecule has 1 fully saturated rings. The van der Waals surface area contributed by atoms with E-state index in [1.165, 1.54) is 4.70 Å². The van der Waals surface area contributed by atoms with Crippen molar-refractivity contribution in [2.45, 2.75) is 6.92 Å². The quantitative estimate of drug-likeness (QED) is 0.487. The van der Waals surface area contributed by atoms with Crippen LogP contribution in [0.5, 0.6) is 0 Å². The Morgan fingerprint density at radius 3 is 2.72 bits per heavy atom. The molecule has 0 bridgehead atoms. The maximum absolute atomic E-state index is 12.3. The van der Waals surface area contributed by atoms with Crippen molar-refractivity contribution in [1.82, 2.24) is 15.2 Å². The van der Waals surface area contributed by atoms with E-state index >= 15 is 0 Å². The lowest BCUT2D eigenvalue weighted by molar-refractivity contribution is 0.0947. The summed E-state index contributed by atoms with van der Waals surface area (Å²) in [5.74, 6) is -0.00265. The first-order chi connectivity index (χ1) is 14.0. The van der Waals surface area contributed by atoms with Gasteiger partial charge in [-0.15, -0.1) is 0 Å². The van der Waals surface area contributed by atoms with Crippen molar-refractivity contribution in [1.29, 1.82) is 0 Å². The number of aromatic nitrogens is 1. The molecular weight excluding hydrogens is 519 g/mol. The van der Waals surface area contributed by atoms with Crippen LogP contribution in [0.1, 0.15) is 15.9 Å². The number of rotatable bonds is 5. The summed E-state index contributed by atoms with van der Waals surface area (Å²) >= 11 is 10.2. The number of carbonyl (C=O) groups is 1. The molecule has 0 atom stereocenters. The molecule has 152 valence electrons. The average molecular weight is 541 g/mol. The van der Waals surface area contributed by atoms with E-state index in [4.69, 9.17) is 16.6 Å². The third-order valence-corrected chi connectivity index (χ3v) is 7.64. The smallest absolute Gasteiger partial charge is 0.252 e. The van der Waals surface area contributed by atoms with Gasteiger partial charge in [0.1, 0.15) is 0 Å². The summed E-state index contributed by atoms with van der Waals surface area (Å²) in [6, 6.07) is 11.7. The number of carbonyl (C=O) groups excluding carboxylic acids is 1. The Labute approximate surface area is 193 Å². The summed E-state index contributed by atoms with van der Waals surface area (Å²) in [7, 11) is 0. The number of piperazine rings is 1. The standard InChI is InChI=1S/C21H22ClIN4OS/c1-14-16(22)6-7-18-19(14)25-21(29-18)27-12-10-26(11-13-27)9-8-24-20(28)15-4-2-3-5-17(15)23/h2-7H,8-13H2,1H3,(H,24,28). The Hall–Kier alpha value is -1.42. The molecule has 0 aliphatic carbocycles. The number of nitrogens with zero attached hydrogens (tertiary/aromatic N) is 3. The number of aryl methyl sites for hydroxylation is 1. The minimum absolute atomic E-state index is 0.00265. The summed E-state index contributed by atoms with van der Waals surface area (Å²) in [5, 5.41) is 4.87. The SMILES string of the molecule is Cc1c(Cl)ccc2sc(N3CCN(CCNC(=O)c4ccccc4I)CC3)nc12. The first-order valence-electron chi connectivity index (χ1n) is 9.58. The van der Waals surface area contributed by atoms with Gasteiger partial charge in [0.05, 0.1) is 15.8 Å². The molecule has 1 aromatic heterocycles. The molecule has 29 heavy (non-hydrogen) atoms. The van der Waals surface area contributed by atoms with Crippen molar-refractivity contribution in [2.24, 2.45) is 0 Å². The van der Waals surface area contributed by atoms with E-state index < -0.39 is 0 Å². The van der Waals surface area contributed by atoms with Gasteiger partial charge in [0.2, 0.25) is 0 Å². The predicted octanol–water partition coefficient (Wildman–Crippen LogP) is 4.41. The lowest BCUT2D eigenvalue weighted by atomic mass is 10.2. The molecule has 2 heterocycles. The fraction of sp³-hybridized carbons (Fsp3) is 0.333. The highest BCUT2D eigenvalue weighted by Gasteiger charge is 2.20. The van der Waals surface area contributed by atoms with Gasteiger partial charge in [-0.3, -0.25) is 9.69 Å². The Morgan fingerprint density at radius 2 is 1.97 bits per heavy atom. The lowest BCUT2D eigenvalue weighted by Crippen LogP contribution is -2.48. The zero-order valence-corrected chi connectivity index (χ0v) is 19.9. The molecule has 2 aromatic carbocycles. The molecule has 1 saturated heterocycles. The van der Waals surface area contributed by atoms with Crippen LogP contribution in [0.25, 0.3) is 10.2 Å². The van der Waals surface area contributed by atoms with Crippen LogP contribution in [0.15, 0.2) is 36.4 Å². The van der Waals surface area contributed by atoms with Crippen LogP contribution in [0, 0.1) is 10.5 Å². The number of hydrogen-bond acceptors (Lipinski definition) is 5. The Kier molecular flexibility index (Phi) is 6.58. The third-order valence-electron chi connectivity index (χ3n) is 5.21. The molecule has 1 N–H and O–H groups in total. The molecule has 1 aliphatic rings. The van der Waals surface area contributed by atoms with Crippen LogP contribution in [-0.4, -0.2) is 55.1 Å². The van der Waals surface area contributed by atoms with Gasteiger partial charge in [-0.2, -0.15) is 0 Å². The van der Waals surface area contributed by atoms with Crippen molar-refractivity contribution in [3.63, 3.8) is 0 Å². The van der Waals surface area contributed by atoms with Crippen LogP contribution < -0.4 is 10.2 Å². The molecule has 5 nitrogen and oxygen atoms in total. The van der Waals surface area contributed by atoms with Crippen LogP contribution in [0.4, 0.5) is 5.13 Å². The lowest BCUT2D eigenvalue weighted by Gasteiger charge is -2.34. The molecule has 8 heteroatoms. The van der Waals surface area contributed by atoms with Gasteiger partial charge in [0, 0.05) is 47.9 Å². The van der Waals surface area contributed by atoms with E-state index in [0.717, 1.165) is 63.1 Å². The van der Waals surface area contributed by atoms with Gasteiger partial charge in [-0.1, -0.05) is 35.1 Å². The summed E-state index contributed by atoms with van der Waals surface area (Å²) in [5.41, 5.74) is 2.80. The Balaban J connectivity index is 1.28. The Morgan fingerprint density at radius 1 is 1.21 bits per heavy atom. The van der Waals surface area contributed by atoms with Gasteiger partial charge in [-0.05, 0) is 59.3 Å². The average Bonchev–Trinajstić information content (AvgIpc) is 3.17. The summed E-state index contributed by atoms with van der Waals surface area (Å²) in [6.07, 6.45) is 0. The van der Waals surface area contributed by atoms with E-state index in [0.29, 0.717) is 6.54 Å². The number of fused-ring (bicyclic) bond motifs is 1. The molecule has 0 unspecified atom stereocenters. The molecular formula is C21H22ClIN4OS. The van der Waals surface area contributed by atoms with Gasteiger partial charge >= 0.3 is 0 Å². The molecule has 1 aliphatic heterocycles. The second-order valence-electron chi connectivity index (χ2n) is 7.08. The summed E-state index contributed by atoms with van der Waals surface area (Å²) < 4.78 is 2.16. The minimum atomic E-state index is -0.00265.